The number of hydrogen-bond acceptors (Lipinski definition) is 2. The zero-order chi connectivity index (χ0) is 12.7. The summed E-state index contributed by atoms with van der Waals surface area (Å²) in [5.74, 6) is 0.487. The Morgan fingerprint density at radius 2 is 2.18 bits per heavy atom. The van der Waals surface area contributed by atoms with E-state index in [2.05, 4.69) is 37.2 Å². The molecule has 0 heterocycles. The minimum Gasteiger partial charge on any atom is -0.496 e. The topological polar surface area (TPSA) is 38.3 Å². The molecule has 0 saturated carbocycles. The first kappa shape index (κ1) is 14.5. The number of alkyl halides is 1. The minimum absolute atomic E-state index is 0.0936. The normalized spacial score (nSPS) is 10.1. The molecule has 0 bridgehead atoms. The van der Waals surface area contributed by atoms with Gasteiger partial charge < -0.3 is 10.1 Å². The number of rotatable bonds is 6. The van der Waals surface area contributed by atoms with Crippen molar-refractivity contribution in [3.63, 3.8) is 0 Å². The van der Waals surface area contributed by atoms with E-state index in [4.69, 9.17) is 4.74 Å². The molecule has 0 radical (unpaired) electrons. The van der Waals surface area contributed by atoms with Crippen molar-refractivity contribution in [3.8, 4) is 5.75 Å². The first-order chi connectivity index (χ1) is 8.19. The first-order valence-corrected chi connectivity index (χ1v) is 7.28. The van der Waals surface area contributed by atoms with Crippen molar-refractivity contribution in [2.75, 3.05) is 19.0 Å². The Balaban J connectivity index is 2.62. The van der Waals surface area contributed by atoms with Gasteiger partial charge in [-0.25, -0.2) is 0 Å². The van der Waals surface area contributed by atoms with Crippen molar-refractivity contribution in [2.45, 2.75) is 12.8 Å². The van der Waals surface area contributed by atoms with Crippen LogP contribution in [-0.2, 0) is 0 Å². The molecule has 3 nitrogen and oxygen atoms in total. The quantitative estimate of drug-likeness (QED) is 0.620. The summed E-state index contributed by atoms with van der Waals surface area (Å²) in [6, 6.07) is 5.37. The fraction of sp³-hybridized carbons (Fsp3) is 0.417. The second kappa shape index (κ2) is 7.71. The lowest BCUT2D eigenvalue weighted by molar-refractivity contribution is 0.0950. The maximum Gasteiger partial charge on any atom is 0.255 e. The van der Waals surface area contributed by atoms with E-state index in [9.17, 15) is 4.79 Å². The van der Waals surface area contributed by atoms with E-state index in [0.717, 1.165) is 22.6 Å². The molecule has 0 aliphatic rings. The smallest absolute Gasteiger partial charge is 0.255 e. The lowest BCUT2D eigenvalue weighted by Gasteiger charge is -2.09. The zero-order valence-corrected chi connectivity index (χ0v) is 12.8. The van der Waals surface area contributed by atoms with Crippen LogP contribution in [0.1, 0.15) is 23.2 Å². The van der Waals surface area contributed by atoms with Crippen LogP contribution in [-0.4, -0.2) is 24.9 Å². The van der Waals surface area contributed by atoms with Gasteiger partial charge in [0.05, 0.1) is 12.7 Å². The molecule has 1 aromatic carbocycles. The van der Waals surface area contributed by atoms with Gasteiger partial charge in [0, 0.05) is 16.3 Å². The van der Waals surface area contributed by atoms with E-state index in [-0.39, 0.29) is 5.91 Å². The maximum atomic E-state index is 11.9. The summed E-state index contributed by atoms with van der Waals surface area (Å²) in [5, 5.41) is 3.84. The number of methoxy groups -OCH3 is 1. The SMILES string of the molecule is COc1cc(Br)ccc1C(=O)NCCCCBr. The van der Waals surface area contributed by atoms with Crippen molar-refractivity contribution in [1.29, 1.82) is 0 Å². The lowest BCUT2D eigenvalue weighted by atomic mass is 10.2. The summed E-state index contributed by atoms with van der Waals surface area (Å²) < 4.78 is 6.07. The molecule has 1 rings (SSSR count). The summed E-state index contributed by atoms with van der Waals surface area (Å²) in [7, 11) is 1.56. The van der Waals surface area contributed by atoms with Gasteiger partial charge in [-0.3, -0.25) is 4.79 Å². The predicted octanol–water partition coefficient (Wildman–Crippen LogP) is 3.36. The molecule has 0 fully saturated rings. The number of ether oxygens (including phenoxy) is 1. The molecule has 0 saturated heterocycles. The lowest BCUT2D eigenvalue weighted by Crippen LogP contribution is -2.24. The van der Waals surface area contributed by atoms with Gasteiger partial charge in [-0.15, -0.1) is 0 Å². The molecule has 0 aliphatic heterocycles. The third-order valence-electron chi connectivity index (χ3n) is 2.25. The largest absolute Gasteiger partial charge is 0.496 e. The Labute approximate surface area is 118 Å². The molecular formula is C12H15Br2NO2. The van der Waals surface area contributed by atoms with Crippen LogP contribution in [0.4, 0.5) is 0 Å². The fourth-order valence-corrected chi connectivity index (χ4v) is 2.11. The number of halogens is 2. The number of hydrogen-bond donors (Lipinski definition) is 1. The molecule has 0 aliphatic carbocycles. The van der Waals surface area contributed by atoms with Crippen LogP contribution in [0.3, 0.4) is 0 Å². The van der Waals surface area contributed by atoms with E-state index in [1.807, 2.05) is 6.07 Å². The Morgan fingerprint density at radius 1 is 1.41 bits per heavy atom. The molecule has 94 valence electrons. The van der Waals surface area contributed by atoms with E-state index in [0.29, 0.717) is 17.9 Å². The Morgan fingerprint density at radius 3 is 2.82 bits per heavy atom. The third kappa shape index (κ3) is 4.68. The number of nitrogens with one attached hydrogen (secondary N) is 1. The summed E-state index contributed by atoms with van der Waals surface area (Å²) in [5.41, 5.74) is 0.564. The van der Waals surface area contributed by atoms with Gasteiger partial charge in [-0.2, -0.15) is 0 Å². The van der Waals surface area contributed by atoms with Crippen molar-refractivity contribution < 1.29 is 9.53 Å². The van der Waals surface area contributed by atoms with Crippen LogP contribution in [0.2, 0.25) is 0 Å². The van der Waals surface area contributed by atoms with Crippen molar-refractivity contribution in [3.05, 3.63) is 28.2 Å². The molecule has 1 aromatic rings. The minimum atomic E-state index is -0.0936. The molecule has 0 aromatic heterocycles. The third-order valence-corrected chi connectivity index (χ3v) is 3.31. The predicted molar refractivity (Wildman–Crippen MR) is 76.1 cm³/mol. The summed E-state index contributed by atoms with van der Waals surface area (Å²) in [6.07, 6.45) is 2.02. The van der Waals surface area contributed by atoms with Gasteiger partial charge in [-0.05, 0) is 31.0 Å². The van der Waals surface area contributed by atoms with Crippen LogP contribution >= 0.6 is 31.9 Å². The molecule has 17 heavy (non-hydrogen) atoms. The van der Waals surface area contributed by atoms with E-state index >= 15 is 0 Å². The number of amides is 1. The Kier molecular flexibility index (Phi) is 6.58. The van der Waals surface area contributed by atoms with Gasteiger partial charge >= 0.3 is 0 Å². The molecule has 5 heteroatoms. The second-order valence-corrected chi connectivity index (χ2v) is 5.21. The maximum absolute atomic E-state index is 11.9. The van der Waals surface area contributed by atoms with E-state index in [1.54, 1.807) is 19.2 Å². The Hall–Kier alpha value is -0.550. The average molecular weight is 365 g/mol. The highest BCUT2D eigenvalue weighted by Gasteiger charge is 2.11. The highest BCUT2D eigenvalue weighted by atomic mass is 79.9. The number of unbranched alkanes of at least 4 members (excludes halogenated alkanes) is 1. The Bertz CT molecular complexity index is 383. The molecule has 1 amide bonds. The van der Waals surface area contributed by atoms with Crippen LogP contribution in [0.5, 0.6) is 5.75 Å². The molecule has 1 N–H and O–H groups in total. The van der Waals surface area contributed by atoms with Crippen LogP contribution < -0.4 is 10.1 Å². The standard InChI is InChI=1S/C12H15Br2NO2/c1-17-11-8-9(14)4-5-10(11)12(16)15-7-3-2-6-13/h4-5,8H,2-3,6-7H2,1H3,(H,15,16). The van der Waals surface area contributed by atoms with Crippen molar-refractivity contribution in [1.82, 2.24) is 5.32 Å². The summed E-state index contributed by atoms with van der Waals surface area (Å²) in [6.45, 7) is 0.684. The van der Waals surface area contributed by atoms with Crippen molar-refractivity contribution >= 4 is 37.8 Å². The molecule has 0 spiro atoms. The van der Waals surface area contributed by atoms with Gasteiger partial charge in [0.2, 0.25) is 0 Å². The first-order valence-electron chi connectivity index (χ1n) is 5.36. The van der Waals surface area contributed by atoms with Crippen molar-refractivity contribution in [2.24, 2.45) is 0 Å². The fourth-order valence-electron chi connectivity index (χ4n) is 1.37. The van der Waals surface area contributed by atoms with Crippen LogP contribution in [0, 0.1) is 0 Å². The van der Waals surface area contributed by atoms with Gasteiger partial charge in [-0.1, -0.05) is 31.9 Å². The number of carbonyl (C=O) groups excluding carboxylic acids is 1. The molecule has 0 atom stereocenters. The summed E-state index contributed by atoms with van der Waals surface area (Å²) in [4.78, 5) is 11.9. The molecular weight excluding hydrogens is 350 g/mol. The van der Waals surface area contributed by atoms with E-state index in [1.165, 1.54) is 0 Å². The highest BCUT2D eigenvalue weighted by molar-refractivity contribution is 9.10. The molecule has 0 unspecified atom stereocenters. The average Bonchev–Trinajstić information content (AvgIpc) is 2.34. The zero-order valence-electron chi connectivity index (χ0n) is 9.63. The van der Waals surface area contributed by atoms with Gasteiger partial charge in [0.25, 0.3) is 5.91 Å². The second-order valence-electron chi connectivity index (χ2n) is 3.50. The van der Waals surface area contributed by atoms with Crippen LogP contribution in [0.15, 0.2) is 22.7 Å². The van der Waals surface area contributed by atoms with Crippen LogP contribution in [0.25, 0.3) is 0 Å². The van der Waals surface area contributed by atoms with Gasteiger partial charge in [0.1, 0.15) is 5.75 Å². The number of benzene rings is 1. The summed E-state index contributed by atoms with van der Waals surface area (Å²) >= 11 is 6.70. The van der Waals surface area contributed by atoms with E-state index < -0.39 is 0 Å². The number of carbonyl (C=O) groups is 1. The van der Waals surface area contributed by atoms with Gasteiger partial charge in [0.15, 0.2) is 0 Å². The highest BCUT2D eigenvalue weighted by Crippen LogP contribution is 2.23. The monoisotopic (exact) mass is 363 g/mol.